The molecule has 3 aromatic heterocycles. The fraction of sp³-hybridized carbons (Fsp3) is 0.278. The average molecular weight is 374 g/mol. The molecule has 3 aromatic rings. The van der Waals surface area contributed by atoms with E-state index < -0.39 is 12.0 Å². The monoisotopic (exact) mass is 374 g/mol. The van der Waals surface area contributed by atoms with E-state index in [9.17, 15) is 9.59 Å². The SMILES string of the molecule is CC(C)[C@H](NC(=O)c1cccs1)C(=O)OCc1cc(-c2ccco2)on1. The second-order valence-corrected chi connectivity index (χ2v) is 6.89. The Balaban J connectivity index is 1.59. The fourth-order valence-electron chi connectivity index (χ4n) is 2.27. The number of hydrogen-bond donors (Lipinski definition) is 1. The maximum absolute atomic E-state index is 12.4. The molecule has 0 bridgehead atoms. The molecule has 0 aliphatic rings. The van der Waals surface area contributed by atoms with Gasteiger partial charge in [-0.3, -0.25) is 4.79 Å². The topological polar surface area (TPSA) is 94.6 Å². The summed E-state index contributed by atoms with van der Waals surface area (Å²) in [5.74, 6) is 0.0536. The lowest BCUT2D eigenvalue weighted by molar-refractivity contribution is -0.148. The maximum atomic E-state index is 12.4. The number of ether oxygens (including phenoxy) is 1. The van der Waals surface area contributed by atoms with Crippen LogP contribution in [0.4, 0.5) is 0 Å². The van der Waals surface area contributed by atoms with Gasteiger partial charge < -0.3 is 19.0 Å². The van der Waals surface area contributed by atoms with Crippen LogP contribution < -0.4 is 5.32 Å². The van der Waals surface area contributed by atoms with Crippen LogP contribution in [0, 0.1) is 5.92 Å². The first-order valence-corrected chi connectivity index (χ1v) is 8.93. The van der Waals surface area contributed by atoms with E-state index in [0.29, 0.717) is 22.1 Å². The highest BCUT2D eigenvalue weighted by atomic mass is 32.1. The number of carbonyl (C=O) groups is 2. The number of nitrogens with zero attached hydrogens (tertiary/aromatic N) is 1. The fourth-order valence-corrected chi connectivity index (χ4v) is 2.89. The summed E-state index contributed by atoms with van der Waals surface area (Å²) in [7, 11) is 0. The third-order valence-corrected chi connectivity index (χ3v) is 4.51. The number of furan rings is 1. The van der Waals surface area contributed by atoms with Gasteiger partial charge in [0.25, 0.3) is 5.91 Å². The molecule has 0 unspecified atom stereocenters. The predicted octanol–water partition coefficient (Wildman–Crippen LogP) is 3.49. The molecule has 1 N–H and O–H groups in total. The number of thiophene rings is 1. The Kier molecular flexibility index (Phi) is 5.52. The third kappa shape index (κ3) is 4.20. The van der Waals surface area contributed by atoms with Gasteiger partial charge in [-0.15, -0.1) is 11.3 Å². The molecular formula is C18H18N2O5S. The van der Waals surface area contributed by atoms with E-state index in [-0.39, 0.29) is 18.4 Å². The molecule has 1 amide bonds. The Bertz CT molecular complexity index is 852. The highest BCUT2D eigenvalue weighted by molar-refractivity contribution is 7.12. The van der Waals surface area contributed by atoms with Crippen molar-refractivity contribution in [2.45, 2.75) is 26.5 Å². The highest BCUT2D eigenvalue weighted by Gasteiger charge is 2.26. The van der Waals surface area contributed by atoms with Gasteiger partial charge in [-0.2, -0.15) is 0 Å². The molecule has 0 fully saturated rings. The lowest BCUT2D eigenvalue weighted by atomic mass is 10.0. The largest absolute Gasteiger partial charge is 0.461 e. The van der Waals surface area contributed by atoms with E-state index in [1.165, 1.54) is 17.6 Å². The molecule has 3 heterocycles. The van der Waals surface area contributed by atoms with Crippen molar-refractivity contribution < 1.29 is 23.3 Å². The Labute approximate surface area is 153 Å². The minimum atomic E-state index is -0.749. The van der Waals surface area contributed by atoms with Crippen molar-refractivity contribution in [3.05, 3.63) is 52.5 Å². The molecule has 0 aliphatic carbocycles. The number of esters is 1. The molecule has 0 radical (unpaired) electrons. The summed E-state index contributed by atoms with van der Waals surface area (Å²) < 4.78 is 15.7. The molecule has 1 atom stereocenters. The van der Waals surface area contributed by atoms with Gasteiger partial charge in [0.15, 0.2) is 5.76 Å². The third-order valence-electron chi connectivity index (χ3n) is 3.64. The average Bonchev–Trinajstić information content (AvgIpc) is 3.38. The molecule has 7 nitrogen and oxygen atoms in total. The summed E-state index contributed by atoms with van der Waals surface area (Å²) in [6, 6.07) is 7.85. The summed E-state index contributed by atoms with van der Waals surface area (Å²) in [5, 5.41) is 8.38. The van der Waals surface area contributed by atoms with Crippen LogP contribution in [0.2, 0.25) is 0 Å². The van der Waals surface area contributed by atoms with Crippen molar-refractivity contribution in [3.63, 3.8) is 0 Å². The van der Waals surface area contributed by atoms with Gasteiger partial charge in [0, 0.05) is 6.07 Å². The molecular weight excluding hydrogens is 356 g/mol. The summed E-state index contributed by atoms with van der Waals surface area (Å²) in [6.07, 6.45) is 1.53. The van der Waals surface area contributed by atoms with Crippen LogP contribution in [0.3, 0.4) is 0 Å². The highest BCUT2D eigenvalue weighted by Crippen LogP contribution is 2.21. The number of nitrogens with one attached hydrogen (secondary N) is 1. The Morgan fingerprint density at radius 1 is 1.27 bits per heavy atom. The van der Waals surface area contributed by atoms with E-state index in [4.69, 9.17) is 13.7 Å². The minimum absolute atomic E-state index is 0.0544. The van der Waals surface area contributed by atoms with Crippen molar-refractivity contribution in [2.24, 2.45) is 5.92 Å². The van der Waals surface area contributed by atoms with Crippen LogP contribution in [-0.2, 0) is 16.1 Å². The van der Waals surface area contributed by atoms with E-state index >= 15 is 0 Å². The molecule has 0 saturated heterocycles. The van der Waals surface area contributed by atoms with Crippen LogP contribution in [0.25, 0.3) is 11.5 Å². The van der Waals surface area contributed by atoms with Crippen LogP contribution in [0.1, 0.15) is 29.2 Å². The Morgan fingerprint density at radius 2 is 2.12 bits per heavy atom. The van der Waals surface area contributed by atoms with Crippen LogP contribution in [0.15, 0.2) is 50.9 Å². The first kappa shape index (κ1) is 17.9. The van der Waals surface area contributed by atoms with Crippen LogP contribution in [-0.4, -0.2) is 23.1 Å². The lowest BCUT2D eigenvalue weighted by Gasteiger charge is -2.20. The Hall–Kier alpha value is -2.87. The second-order valence-electron chi connectivity index (χ2n) is 5.94. The van der Waals surface area contributed by atoms with Crippen molar-refractivity contribution >= 4 is 23.2 Å². The van der Waals surface area contributed by atoms with E-state index in [2.05, 4.69) is 10.5 Å². The number of aromatic nitrogens is 1. The van der Waals surface area contributed by atoms with Gasteiger partial charge in [0.1, 0.15) is 18.3 Å². The summed E-state index contributed by atoms with van der Waals surface area (Å²) in [5.41, 5.74) is 0.455. The standard InChI is InChI=1S/C18H18N2O5S/c1-11(2)16(19-17(21)15-6-4-8-26-15)18(22)24-10-12-9-14(25-20-12)13-5-3-7-23-13/h3-9,11,16H,10H2,1-2H3,(H,19,21)/t16-/m0/s1. The van der Waals surface area contributed by atoms with Gasteiger partial charge >= 0.3 is 5.97 Å². The van der Waals surface area contributed by atoms with Crippen molar-refractivity contribution in [1.29, 1.82) is 0 Å². The maximum Gasteiger partial charge on any atom is 0.329 e. The zero-order valence-electron chi connectivity index (χ0n) is 14.3. The van der Waals surface area contributed by atoms with Gasteiger partial charge in [-0.25, -0.2) is 4.79 Å². The zero-order chi connectivity index (χ0) is 18.5. The molecule has 26 heavy (non-hydrogen) atoms. The smallest absolute Gasteiger partial charge is 0.329 e. The predicted molar refractivity (Wildman–Crippen MR) is 94.4 cm³/mol. The van der Waals surface area contributed by atoms with Crippen molar-refractivity contribution in [1.82, 2.24) is 10.5 Å². The van der Waals surface area contributed by atoms with Gasteiger partial charge in [0.2, 0.25) is 5.76 Å². The van der Waals surface area contributed by atoms with Crippen molar-refractivity contribution in [3.8, 4) is 11.5 Å². The van der Waals surface area contributed by atoms with Gasteiger partial charge in [-0.05, 0) is 29.5 Å². The van der Waals surface area contributed by atoms with Gasteiger partial charge in [0.05, 0.1) is 11.1 Å². The number of amides is 1. The van der Waals surface area contributed by atoms with E-state index in [0.717, 1.165) is 0 Å². The minimum Gasteiger partial charge on any atom is -0.461 e. The van der Waals surface area contributed by atoms with E-state index in [1.54, 1.807) is 35.7 Å². The summed E-state index contributed by atoms with van der Waals surface area (Å²) in [4.78, 5) is 25.1. The van der Waals surface area contributed by atoms with Crippen LogP contribution in [0.5, 0.6) is 0 Å². The molecule has 8 heteroatoms. The number of carbonyl (C=O) groups excluding carboxylic acids is 2. The summed E-state index contributed by atoms with van der Waals surface area (Å²) >= 11 is 1.31. The lowest BCUT2D eigenvalue weighted by Crippen LogP contribution is -2.45. The molecule has 0 spiro atoms. The number of hydrogen-bond acceptors (Lipinski definition) is 7. The van der Waals surface area contributed by atoms with Crippen LogP contribution >= 0.6 is 11.3 Å². The second kappa shape index (κ2) is 8.01. The summed E-state index contributed by atoms with van der Waals surface area (Å²) in [6.45, 7) is 3.62. The van der Waals surface area contributed by atoms with Gasteiger partial charge in [-0.1, -0.05) is 25.1 Å². The molecule has 0 aliphatic heterocycles. The zero-order valence-corrected chi connectivity index (χ0v) is 15.1. The molecule has 3 rings (SSSR count). The quantitative estimate of drug-likeness (QED) is 0.636. The molecule has 0 aromatic carbocycles. The normalized spacial score (nSPS) is 12.1. The number of rotatable bonds is 7. The molecule has 0 saturated carbocycles. The van der Waals surface area contributed by atoms with Crippen molar-refractivity contribution in [2.75, 3.05) is 0 Å². The Morgan fingerprint density at radius 3 is 2.77 bits per heavy atom. The molecule has 136 valence electrons. The first-order chi connectivity index (χ1) is 12.5. The first-order valence-electron chi connectivity index (χ1n) is 8.05. The van der Waals surface area contributed by atoms with E-state index in [1.807, 2.05) is 13.8 Å².